The van der Waals surface area contributed by atoms with Gasteiger partial charge in [-0.25, -0.2) is 0 Å². The van der Waals surface area contributed by atoms with Gasteiger partial charge in [0.25, 0.3) is 0 Å². The zero-order valence-electron chi connectivity index (χ0n) is 10.8. The zero-order valence-corrected chi connectivity index (χ0v) is 10.8. The van der Waals surface area contributed by atoms with E-state index in [4.69, 9.17) is 9.84 Å². The molecular weight excluding hydrogens is 230 g/mol. The van der Waals surface area contributed by atoms with Gasteiger partial charge in [-0.05, 0) is 37.5 Å². The van der Waals surface area contributed by atoms with Gasteiger partial charge in [0.1, 0.15) is 12.4 Å². The average Bonchev–Trinajstić information content (AvgIpc) is 2.28. The molecule has 0 saturated heterocycles. The summed E-state index contributed by atoms with van der Waals surface area (Å²) in [6, 6.07) is 6.36. The molecule has 1 aromatic carbocycles. The van der Waals surface area contributed by atoms with Gasteiger partial charge in [0.15, 0.2) is 0 Å². The molecule has 1 aromatic rings. The van der Waals surface area contributed by atoms with Crippen molar-refractivity contribution < 1.29 is 14.6 Å². The second-order valence-electron chi connectivity index (χ2n) is 4.99. The summed E-state index contributed by atoms with van der Waals surface area (Å²) < 4.78 is 5.71. The molecule has 1 aliphatic heterocycles. The van der Waals surface area contributed by atoms with Crippen LogP contribution in [0, 0.1) is 6.92 Å². The highest BCUT2D eigenvalue weighted by Crippen LogP contribution is 2.25. The molecule has 0 fully saturated rings. The van der Waals surface area contributed by atoms with Gasteiger partial charge in [-0.1, -0.05) is 12.1 Å². The number of hydrogen-bond donors (Lipinski definition) is 2. The number of rotatable bonds is 4. The van der Waals surface area contributed by atoms with Crippen molar-refractivity contribution in [1.29, 1.82) is 0 Å². The van der Waals surface area contributed by atoms with Crippen molar-refractivity contribution in [2.24, 2.45) is 0 Å². The first-order valence-electron chi connectivity index (χ1n) is 6.25. The highest BCUT2D eigenvalue weighted by Gasteiger charge is 2.21. The van der Waals surface area contributed by atoms with Crippen molar-refractivity contribution in [2.45, 2.75) is 38.8 Å². The van der Waals surface area contributed by atoms with Gasteiger partial charge in [-0.15, -0.1) is 0 Å². The lowest BCUT2D eigenvalue weighted by molar-refractivity contribution is -0.137. The average molecular weight is 249 g/mol. The van der Waals surface area contributed by atoms with Crippen molar-refractivity contribution in [1.82, 2.24) is 5.32 Å². The summed E-state index contributed by atoms with van der Waals surface area (Å²) in [4.78, 5) is 10.6. The van der Waals surface area contributed by atoms with Crippen LogP contribution in [0.25, 0.3) is 0 Å². The largest absolute Gasteiger partial charge is 0.492 e. The van der Waals surface area contributed by atoms with Crippen LogP contribution in [0.1, 0.15) is 24.5 Å². The predicted molar refractivity (Wildman–Crippen MR) is 69.0 cm³/mol. The third-order valence-corrected chi connectivity index (χ3v) is 3.13. The van der Waals surface area contributed by atoms with E-state index >= 15 is 0 Å². The molecule has 4 nitrogen and oxygen atoms in total. The van der Waals surface area contributed by atoms with Crippen LogP contribution < -0.4 is 10.1 Å². The Hall–Kier alpha value is -1.55. The summed E-state index contributed by atoms with van der Waals surface area (Å²) in [5.74, 6) is 0.182. The minimum Gasteiger partial charge on any atom is -0.492 e. The number of hydrogen-bond acceptors (Lipinski definition) is 3. The molecule has 2 unspecified atom stereocenters. The maximum absolute atomic E-state index is 10.6. The molecule has 0 amide bonds. The summed E-state index contributed by atoms with van der Waals surface area (Å²) in [6.07, 6.45) is 1.02. The number of carbonyl (C=O) groups is 1. The lowest BCUT2D eigenvalue weighted by atomic mass is 10.0. The fraction of sp³-hybridized carbons (Fsp3) is 0.500. The lowest BCUT2D eigenvalue weighted by Gasteiger charge is -2.28. The molecule has 0 aromatic heterocycles. The second kappa shape index (κ2) is 5.40. The molecule has 1 heterocycles. The van der Waals surface area contributed by atoms with Crippen LogP contribution in [0.2, 0.25) is 0 Å². The Morgan fingerprint density at radius 1 is 1.61 bits per heavy atom. The van der Waals surface area contributed by atoms with Crippen molar-refractivity contribution in [3.63, 3.8) is 0 Å². The van der Waals surface area contributed by atoms with Crippen molar-refractivity contribution in [3.05, 3.63) is 29.3 Å². The molecule has 0 spiro atoms. The molecule has 0 saturated carbocycles. The van der Waals surface area contributed by atoms with Crippen LogP contribution in [-0.4, -0.2) is 29.8 Å². The first-order chi connectivity index (χ1) is 8.54. The topological polar surface area (TPSA) is 58.6 Å². The highest BCUT2D eigenvalue weighted by atomic mass is 16.5. The number of fused-ring (bicyclic) bond motifs is 1. The van der Waals surface area contributed by atoms with Crippen LogP contribution in [0.4, 0.5) is 0 Å². The molecule has 0 radical (unpaired) electrons. The SMILES string of the molecule is Cc1ccc2c(c1)OCC(NC(C)CC(=O)O)C2. The molecule has 2 N–H and O–H groups in total. The molecular formula is C14H19NO3. The van der Waals surface area contributed by atoms with Crippen molar-refractivity contribution >= 4 is 5.97 Å². The highest BCUT2D eigenvalue weighted by molar-refractivity contribution is 5.67. The Kier molecular flexibility index (Phi) is 3.87. The number of carboxylic acid groups (broad SMARTS) is 1. The lowest BCUT2D eigenvalue weighted by Crippen LogP contribution is -2.44. The van der Waals surface area contributed by atoms with Crippen LogP contribution >= 0.6 is 0 Å². The number of carboxylic acids is 1. The van der Waals surface area contributed by atoms with E-state index in [-0.39, 0.29) is 18.5 Å². The Balaban J connectivity index is 1.95. The molecule has 0 bridgehead atoms. The summed E-state index contributed by atoms with van der Waals surface area (Å²) in [5.41, 5.74) is 2.38. The normalized spacial score (nSPS) is 19.8. The molecule has 2 rings (SSSR count). The van der Waals surface area contributed by atoms with Gasteiger partial charge in [0.2, 0.25) is 0 Å². The van der Waals surface area contributed by atoms with Crippen molar-refractivity contribution in [2.75, 3.05) is 6.61 Å². The van der Waals surface area contributed by atoms with Crippen molar-refractivity contribution in [3.8, 4) is 5.75 Å². The zero-order chi connectivity index (χ0) is 13.1. The van der Waals surface area contributed by atoms with E-state index < -0.39 is 5.97 Å². The number of nitrogens with one attached hydrogen (secondary N) is 1. The van der Waals surface area contributed by atoms with Crippen LogP contribution in [0.15, 0.2) is 18.2 Å². The second-order valence-corrected chi connectivity index (χ2v) is 4.99. The van der Waals surface area contributed by atoms with Gasteiger partial charge < -0.3 is 15.2 Å². The van der Waals surface area contributed by atoms with Gasteiger partial charge in [-0.3, -0.25) is 4.79 Å². The monoisotopic (exact) mass is 249 g/mol. The summed E-state index contributed by atoms with van der Waals surface area (Å²) in [6.45, 7) is 4.53. The Labute approximate surface area is 107 Å². The van der Waals surface area contributed by atoms with E-state index in [1.54, 1.807) is 0 Å². The van der Waals surface area contributed by atoms with Gasteiger partial charge >= 0.3 is 5.97 Å². The summed E-state index contributed by atoms with van der Waals surface area (Å²) in [7, 11) is 0. The number of ether oxygens (including phenoxy) is 1. The maximum atomic E-state index is 10.6. The Bertz CT molecular complexity index is 445. The van der Waals surface area contributed by atoms with Gasteiger partial charge in [0, 0.05) is 12.1 Å². The fourth-order valence-corrected chi connectivity index (χ4v) is 2.31. The Morgan fingerprint density at radius 3 is 3.11 bits per heavy atom. The van der Waals surface area contributed by atoms with E-state index in [2.05, 4.69) is 17.4 Å². The fourth-order valence-electron chi connectivity index (χ4n) is 2.31. The van der Waals surface area contributed by atoms with Crippen LogP contribution in [-0.2, 0) is 11.2 Å². The van der Waals surface area contributed by atoms with Gasteiger partial charge in [-0.2, -0.15) is 0 Å². The first kappa shape index (κ1) is 12.9. The maximum Gasteiger partial charge on any atom is 0.304 e. The number of benzene rings is 1. The smallest absolute Gasteiger partial charge is 0.304 e. The quantitative estimate of drug-likeness (QED) is 0.853. The summed E-state index contributed by atoms with van der Waals surface area (Å²) >= 11 is 0. The molecule has 2 atom stereocenters. The minimum absolute atomic E-state index is 0.0388. The standard InChI is InChI=1S/C14H19NO3/c1-9-3-4-11-7-12(8-18-13(11)5-9)15-10(2)6-14(16)17/h3-5,10,12,15H,6-8H2,1-2H3,(H,16,17). The number of aliphatic carboxylic acids is 1. The third-order valence-electron chi connectivity index (χ3n) is 3.13. The summed E-state index contributed by atoms with van der Waals surface area (Å²) in [5, 5.41) is 12.0. The van der Waals surface area contributed by atoms with Crippen LogP contribution in [0.5, 0.6) is 5.75 Å². The van der Waals surface area contributed by atoms with E-state index in [0.29, 0.717) is 6.61 Å². The van der Waals surface area contributed by atoms with E-state index in [9.17, 15) is 4.79 Å². The number of aryl methyl sites for hydroxylation is 1. The molecule has 0 aliphatic carbocycles. The van der Waals surface area contributed by atoms with Crippen LogP contribution in [0.3, 0.4) is 0 Å². The Morgan fingerprint density at radius 2 is 2.39 bits per heavy atom. The molecule has 4 heteroatoms. The molecule has 1 aliphatic rings. The molecule has 98 valence electrons. The predicted octanol–water partition coefficient (Wildman–Crippen LogP) is 1.75. The minimum atomic E-state index is -0.775. The van der Waals surface area contributed by atoms with E-state index in [1.165, 1.54) is 11.1 Å². The van der Waals surface area contributed by atoms with E-state index in [0.717, 1.165) is 12.2 Å². The third kappa shape index (κ3) is 3.23. The molecule has 18 heavy (non-hydrogen) atoms. The van der Waals surface area contributed by atoms with Gasteiger partial charge in [0.05, 0.1) is 6.42 Å². The van der Waals surface area contributed by atoms with E-state index in [1.807, 2.05) is 19.9 Å². The first-order valence-corrected chi connectivity index (χ1v) is 6.25.